The Kier molecular flexibility index (Phi) is 2.69. The van der Waals surface area contributed by atoms with Crippen LogP contribution in [-0.4, -0.2) is 13.1 Å². The van der Waals surface area contributed by atoms with Crippen molar-refractivity contribution in [1.29, 1.82) is 0 Å². The molecule has 1 nitrogen and oxygen atoms in total. The van der Waals surface area contributed by atoms with E-state index >= 15 is 0 Å². The summed E-state index contributed by atoms with van der Waals surface area (Å²) in [7, 11) is 0. The van der Waals surface area contributed by atoms with Gasteiger partial charge in [-0.25, -0.2) is 0 Å². The SMILES string of the molecule is Cc1ccccc1-c1cccc(C2CNC2)c1. The molecule has 0 aliphatic carbocycles. The molecule has 0 saturated carbocycles. The van der Waals surface area contributed by atoms with Crippen molar-refractivity contribution in [3.63, 3.8) is 0 Å². The Bertz CT molecular complexity index is 527. The first-order valence-electron chi connectivity index (χ1n) is 6.21. The van der Waals surface area contributed by atoms with Gasteiger partial charge in [0.15, 0.2) is 0 Å². The molecule has 1 heteroatoms. The molecule has 2 aromatic rings. The van der Waals surface area contributed by atoms with E-state index in [4.69, 9.17) is 0 Å². The fourth-order valence-electron chi connectivity index (χ4n) is 2.38. The highest BCUT2D eigenvalue weighted by Gasteiger charge is 2.18. The van der Waals surface area contributed by atoms with Gasteiger partial charge in [0, 0.05) is 19.0 Å². The number of aryl methyl sites for hydroxylation is 1. The van der Waals surface area contributed by atoms with Crippen LogP contribution in [0.2, 0.25) is 0 Å². The molecule has 0 bridgehead atoms. The zero-order chi connectivity index (χ0) is 11.7. The van der Waals surface area contributed by atoms with Gasteiger partial charge in [0.25, 0.3) is 0 Å². The van der Waals surface area contributed by atoms with Crippen molar-refractivity contribution in [1.82, 2.24) is 5.32 Å². The van der Waals surface area contributed by atoms with Crippen LogP contribution in [0.4, 0.5) is 0 Å². The van der Waals surface area contributed by atoms with Gasteiger partial charge < -0.3 is 5.32 Å². The first-order valence-corrected chi connectivity index (χ1v) is 6.21. The van der Waals surface area contributed by atoms with Crippen molar-refractivity contribution in [3.8, 4) is 11.1 Å². The summed E-state index contributed by atoms with van der Waals surface area (Å²) >= 11 is 0. The standard InChI is InChI=1S/C16H17N/c1-12-5-2-3-8-16(12)14-7-4-6-13(9-14)15-10-17-11-15/h2-9,15,17H,10-11H2,1H3. The van der Waals surface area contributed by atoms with Gasteiger partial charge in [0.05, 0.1) is 0 Å². The van der Waals surface area contributed by atoms with Crippen molar-refractivity contribution < 1.29 is 0 Å². The Morgan fingerprint density at radius 1 is 1.00 bits per heavy atom. The minimum Gasteiger partial charge on any atom is -0.315 e. The summed E-state index contributed by atoms with van der Waals surface area (Å²) in [6.07, 6.45) is 0. The van der Waals surface area contributed by atoms with E-state index in [1.54, 1.807) is 0 Å². The van der Waals surface area contributed by atoms with Crippen LogP contribution in [0.1, 0.15) is 17.0 Å². The summed E-state index contributed by atoms with van der Waals surface area (Å²) in [5.41, 5.74) is 5.50. The molecule has 1 saturated heterocycles. The summed E-state index contributed by atoms with van der Waals surface area (Å²) in [6.45, 7) is 4.42. The lowest BCUT2D eigenvalue weighted by atomic mass is 9.90. The Hall–Kier alpha value is -1.60. The van der Waals surface area contributed by atoms with Crippen LogP contribution in [0.25, 0.3) is 11.1 Å². The van der Waals surface area contributed by atoms with Crippen LogP contribution < -0.4 is 5.32 Å². The Balaban J connectivity index is 2.00. The molecular formula is C16H17N. The zero-order valence-corrected chi connectivity index (χ0v) is 10.1. The fraction of sp³-hybridized carbons (Fsp3) is 0.250. The monoisotopic (exact) mass is 223 g/mol. The molecule has 1 heterocycles. The molecule has 2 aromatic carbocycles. The maximum absolute atomic E-state index is 3.33. The Morgan fingerprint density at radius 2 is 1.82 bits per heavy atom. The topological polar surface area (TPSA) is 12.0 Å². The van der Waals surface area contributed by atoms with Crippen molar-refractivity contribution in [3.05, 3.63) is 59.7 Å². The molecular weight excluding hydrogens is 206 g/mol. The largest absolute Gasteiger partial charge is 0.315 e. The van der Waals surface area contributed by atoms with E-state index in [-0.39, 0.29) is 0 Å². The summed E-state index contributed by atoms with van der Waals surface area (Å²) in [5.74, 6) is 0.707. The number of hydrogen-bond donors (Lipinski definition) is 1. The van der Waals surface area contributed by atoms with Gasteiger partial charge in [0.1, 0.15) is 0 Å². The van der Waals surface area contributed by atoms with E-state index < -0.39 is 0 Å². The van der Waals surface area contributed by atoms with Crippen molar-refractivity contribution in [2.24, 2.45) is 0 Å². The molecule has 0 radical (unpaired) electrons. The third-order valence-corrected chi connectivity index (χ3v) is 3.60. The lowest BCUT2D eigenvalue weighted by molar-refractivity contribution is 0.448. The van der Waals surface area contributed by atoms with E-state index in [1.807, 2.05) is 0 Å². The Morgan fingerprint density at radius 3 is 2.53 bits per heavy atom. The van der Waals surface area contributed by atoms with E-state index in [9.17, 15) is 0 Å². The second-order valence-corrected chi connectivity index (χ2v) is 4.80. The summed E-state index contributed by atoms with van der Waals surface area (Å²) in [4.78, 5) is 0. The number of benzene rings is 2. The second-order valence-electron chi connectivity index (χ2n) is 4.80. The van der Waals surface area contributed by atoms with Gasteiger partial charge in [-0.2, -0.15) is 0 Å². The van der Waals surface area contributed by atoms with Gasteiger partial charge in [-0.05, 0) is 29.2 Å². The maximum Gasteiger partial charge on any atom is 0.00887 e. The van der Waals surface area contributed by atoms with Gasteiger partial charge in [-0.1, -0.05) is 48.5 Å². The fourth-order valence-corrected chi connectivity index (χ4v) is 2.38. The molecule has 17 heavy (non-hydrogen) atoms. The Labute approximate surface area is 102 Å². The van der Waals surface area contributed by atoms with Crippen LogP contribution in [0.3, 0.4) is 0 Å². The predicted molar refractivity (Wildman–Crippen MR) is 72.2 cm³/mol. The molecule has 86 valence electrons. The molecule has 0 atom stereocenters. The molecule has 1 fully saturated rings. The first-order chi connectivity index (χ1) is 8.34. The summed E-state index contributed by atoms with van der Waals surface area (Å²) in [6, 6.07) is 17.5. The second kappa shape index (κ2) is 4.34. The van der Waals surface area contributed by atoms with E-state index in [0.717, 1.165) is 13.1 Å². The number of hydrogen-bond acceptors (Lipinski definition) is 1. The minimum atomic E-state index is 0.707. The van der Waals surface area contributed by atoms with Crippen molar-refractivity contribution >= 4 is 0 Å². The van der Waals surface area contributed by atoms with E-state index in [2.05, 4.69) is 60.8 Å². The molecule has 1 aliphatic rings. The highest BCUT2D eigenvalue weighted by molar-refractivity contribution is 5.67. The van der Waals surface area contributed by atoms with Crippen molar-refractivity contribution in [2.75, 3.05) is 13.1 Å². The molecule has 1 N–H and O–H groups in total. The third-order valence-electron chi connectivity index (χ3n) is 3.60. The van der Waals surface area contributed by atoms with Gasteiger partial charge in [-0.15, -0.1) is 0 Å². The molecule has 1 aliphatic heterocycles. The number of rotatable bonds is 2. The van der Waals surface area contributed by atoms with Gasteiger partial charge in [-0.3, -0.25) is 0 Å². The highest BCUT2D eigenvalue weighted by Crippen LogP contribution is 2.27. The lowest BCUT2D eigenvalue weighted by Gasteiger charge is -2.27. The van der Waals surface area contributed by atoms with Crippen molar-refractivity contribution in [2.45, 2.75) is 12.8 Å². The molecule has 0 amide bonds. The van der Waals surface area contributed by atoms with Crippen LogP contribution in [-0.2, 0) is 0 Å². The third kappa shape index (κ3) is 1.98. The maximum atomic E-state index is 3.33. The highest BCUT2D eigenvalue weighted by atomic mass is 14.9. The molecule has 3 rings (SSSR count). The zero-order valence-electron chi connectivity index (χ0n) is 10.1. The lowest BCUT2D eigenvalue weighted by Crippen LogP contribution is -2.39. The van der Waals surface area contributed by atoms with Crippen LogP contribution in [0.5, 0.6) is 0 Å². The van der Waals surface area contributed by atoms with E-state index in [0.29, 0.717) is 5.92 Å². The predicted octanol–water partition coefficient (Wildman–Crippen LogP) is 3.35. The quantitative estimate of drug-likeness (QED) is 0.823. The molecule has 0 aromatic heterocycles. The van der Waals surface area contributed by atoms with Crippen LogP contribution >= 0.6 is 0 Å². The molecule has 0 unspecified atom stereocenters. The van der Waals surface area contributed by atoms with E-state index in [1.165, 1.54) is 22.3 Å². The summed E-state index contributed by atoms with van der Waals surface area (Å²) < 4.78 is 0. The van der Waals surface area contributed by atoms with Crippen LogP contribution in [0.15, 0.2) is 48.5 Å². The number of nitrogens with one attached hydrogen (secondary N) is 1. The summed E-state index contributed by atoms with van der Waals surface area (Å²) in [5, 5.41) is 3.33. The van der Waals surface area contributed by atoms with Crippen LogP contribution in [0, 0.1) is 6.92 Å². The average Bonchev–Trinajstić information content (AvgIpc) is 2.28. The normalized spacial score (nSPS) is 15.6. The van der Waals surface area contributed by atoms with Gasteiger partial charge in [0.2, 0.25) is 0 Å². The first kappa shape index (κ1) is 10.5. The average molecular weight is 223 g/mol. The molecule has 0 spiro atoms. The minimum absolute atomic E-state index is 0.707. The van der Waals surface area contributed by atoms with Gasteiger partial charge >= 0.3 is 0 Å². The smallest absolute Gasteiger partial charge is 0.00887 e.